The lowest BCUT2D eigenvalue weighted by Crippen LogP contribution is -2.22. The van der Waals surface area contributed by atoms with Gasteiger partial charge in [0.15, 0.2) is 0 Å². The van der Waals surface area contributed by atoms with Gasteiger partial charge in [0.05, 0.1) is 12.2 Å². The van der Waals surface area contributed by atoms with Gasteiger partial charge >= 0.3 is 0 Å². The molecule has 0 saturated carbocycles. The number of hydrogen-bond donors (Lipinski definition) is 0. The molecule has 0 heterocycles. The van der Waals surface area contributed by atoms with Gasteiger partial charge in [-0.25, -0.2) is 0 Å². The molecule has 1 rings (SSSR count). The molecule has 0 N–H and O–H groups in total. The number of hydrogen-bond acceptors (Lipinski definition) is 2. The molecule has 1 aromatic rings. The third-order valence-corrected chi connectivity index (χ3v) is 1.91. The molecular formula is C13H20O2. The first-order chi connectivity index (χ1) is 6.97. The van der Waals surface area contributed by atoms with Crippen molar-refractivity contribution in [2.45, 2.75) is 33.3 Å². The molecule has 0 fully saturated rings. The summed E-state index contributed by atoms with van der Waals surface area (Å²) in [5, 5.41) is 0. The van der Waals surface area contributed by atoms with E-state index >= 15 is 0 Å². The standard InChI is InChI=1S/C13H20O2/c1-11-5-7-12(8-6-11)14-9-10-15-13(2,3)4/h5-8H,9-10H2,1-4H3. The lowest BCUT2D eigenvalue weighted by atomic mass is 10.2. The molecule has 0 bridgehead atoms. The molecule has 84 valence electrons. The van der Waals surface area contributed by atoms with Crippen LogP contribution < -0.4 is 4.74 Å². The minimum absolute atomic E-state index is 0.0867. The Balaban J connectivity index is 2.23. The van der Waals surface area contributed by atoms with E-state index in [1.807, 2.05) is 45.0 Å². The zero-order valence-corrected chi connectivity index (χ0v) is 10.0. The maximum Gasteiger partial charge on any atom is 0.119 e. The van der Waals surface area contributed by atoms with Crippen LogP contribution in [0.15, 0.2) is 24.3 Å². The van der Waals surface area contributed by atoms with Crippen molar-refractivity contribution < 1.29 is 9.47 Å². The van der Waals surface area contributed by atoms with E-state index in [0.717, 1.165) is 5.75 Å². The molecule has 0 spiro atoms. The molecule has 0 aromatic heterocycles. The van der Waals surface area contributed by atoms with Crippen LogP contribution in [-0.4, -0.2) is 18.8 Å². The Bertz CT molecular complexity index is 282. The summed E-state index contributed by atoms with van der Waals surface area (Å²) in [7, 11) is 0. The summed E-state index contributed by atoms with van der Waals surface area (Å²) < 4.78 is 11.1. The topological polar surface area (TPSA) is 18.5 Å². The fourth-order valence-electron chi connectivity index (χ4n) is 1.14. The van der Waals surface area contributed by atoms with E-state index in [4.69, 9.17) is 9.47 Å². The molecule has 15 heavy (non-hydrogen) atoms. The van der Waals surface area contributed by atoms with E-state index in [0.29, 0.717) is 13.2 Å². The van der Waals surface area contributed by atoms with Crippen LogP contribution in [-0.2, 0) is 4.74 Å². The van der Waals surface area contributed by atoms with Crippen LogP contribution in [0, 0.1) is 6.92 Å². The first-order valence-corrected chi connectivity index (χ1v) is 5.31. The number of aryl methyl sites for hydroxylation is 1. The third-order valence-electron chi connectivity index (χ3n) is 1.91. The first-order valence-electron chi connectivity index (χ1n) is 5.31. The lowest BCUT2D eigenvalue weighted by Gasteiger charge is -2.19. The predicted octanol–water partition coefficient (Wildman–Crippen LogP) is 3.19. The van der Waals surface area contributed by atoms with Crippen molar-refractivity contribution in [2.75, 3.05) is 13.2 Å². The molecule has 0 aliphatic carbocycles. The van der Waals surface area contributed by atoms with Crippen molar-refractivity contribution in [3.05, 3.63) is 29.8 Å². The molecule has 0 amide bonds. The zero-order valence-electron chi connectivity index (χ0n) is 10.0. The Morgan fingerprint density at radius 1 is 1.00 bits per heavy atom. The second-order valence-electron chi connectivity index (χ2n) is 4.62. The predicted molar refractivity (Wildman–Crippen MR) is 62.4 cm³/mol. The summed E-state index contributed by atoms with van der Waals surface area (Å²) in [6.07, 6.45) is 0. The Labute approximate surface area is 92.2 Å². The van der Waals surface area contributed by atoms with E-state index in [9.17, 15) is 0 Å². The van der Waals surface area contributed by atoms with Crippen molar-refractivity contribution in [1.29, 1.82) is 0 Å². The van der Waals surface area contributed by atoms with Crippen molar-refractivity contribution in [2.24, 2.45) is 0 Å². The van der Waals surface area contributed by atoms with E-state index < -0.39 is 0 Å². The normalized spacial score (nSPS) is 11.5. The smallest absolute Gasteiger partial charge is 0.119 e. The van der Waals surface area contributed by atoms with Gasteiger partial charge in [0.25, 0.3) is 0 Å². The Morgan fingerprint density at radius 2 is 1.60 bits per heavy atom. The van der Waals surface area contributed by atoms with Crippen LogP contribution in [0.2, 0.25) is 0 Å². The second-order valence-corrected chi connectivity index (χ2v) is 4.62. The first kappa shape index (κ1) is 12.1. The highest BCUT2D eigenvalue weighted by Gasteiger charge is 2.08. The van der Waals surface area contributed by atoms with Crippen molar-refractivity contribution in [3.8, 4) is 5.75 Å². The average Bonchev–Trinajstić information content (AvgIpc) is 2.14. The SMILES string of the molecule is Cc1ccc(OCCOC(C)(C)C)cc1. The van der Waals surface area contributed by atoms with Crippen LogP contribution in [0.25, 0.3) is 0 Å². The highest BCUT2D eigenvalue weighted by Crippen LogP contribution is 2.11. The molecule has 2 nitrogen and oxygen atoms in total. The van der Waals surface area contributed by atoms with Crippen LogP contribution in [0.5, 0.6) is 5.75 Å². The van der Waals surface area contributed by atoms with E-state index in [-0.39, 0.29) is 5.60 Å². The summed E-state index contributed by atoms with van der Waals surface area (Å²) in [5.74, 6) is 0.901. The van der Waals surface area contributed by atoms with Crippen LogP contribution >= 0.6 is 0 Å². The summed E-state index contributed by atoms with van der Waals surface area (Å²) in [6.45, 7) is 9.40. The molecule has 0 unspecified atom stereocenters. The molecule has 0 radical (unpaired) electrons. The van der Waals surface area contributed by atoms with E-state index in [1.165, 1.54) is 5.56 Å². The van der Waals surface area contributed by atoms with Gasteiger partial charge in [0.1, 0.15) is 12.4 Å². The maximum atomic E-state index is 5.55. The molecule has 2 heteroatoms. The molecule has 0 aliphatic heterocycles. The van der Waals surface area contributed by atoms with Gasteiger partial charge in [-0.2, -0.15) is 0 Å². The maximum absolute atomic E-state index is 5.55. The number of benzene rings is 1. The van der Waals surface area contributed by atoms with E-state index in [2.05, 4.69) is 6.92 Å². The third kappa shape index (κ3) is 5.43. The molecule has 0 saturated heterocycles. The van der Waals surface area contributed by atoms with Gasteiger partial charge in [0, 0.05) is 0 Å². The largest absolute Gasteiger partial charge is 0.491 e. The molecule has 0 atom stereocenters. The minimum atomic E-state index is -0.0867. The van der Waals surface area contributed by atoms with Crippen molar-refractivity contribution in [3.63, 3.8) is 0 Å². The highest BCUT2D eigenvalue weighted by molar-refractivity contribution is 5.26. The molecule has 1 aromatic carbocycles. The Kier molecular flexibility index (Phi) is 4.15. The van der Waals surface area contributed by atoms with Gasteiger partial charge in [0.2, 0.25) is 0 Å². The van der Waals surface area contributed by atoms with Gasteiger partial charge in [-0.1, -0.05) is 17.7 Å². The Hall–Kier alpha value is -1.02. The summed E-state index contributed by atoms with van der Waals surface area (Å²) in [6, 6.07) is 8.04. The number of ether oxygens (including phenoxy) is 2. The quantitative estimate of drug-likeness (QED) is 0.707. The zero-order chi connectivity index (χ0) is 11.3. The fraction of sp³-hybridized carbons (Fsp3) is 0.538. The summed E-state index contributed by atoms with van der Waals surface area (Å²) in [4.78, 5) is 0. The van der Waals surface area contributed by atoms with Crippen molar-refractivity contribution >= 4 is 0 Å². The number of rotatable bonds is 4. The monoisotopic (exact) mass is 208 g/mol. The van der Waals surface area contributed by atoms with Gasteiger partial charge in [-0.15, -0.1) is 0 Å². The van der Waals surface area contributed by atoms with Gasteiger partial charge < -0.3 is 9.47 Å². The highest BCUT2D eigenvalue weighted by atomic mass is 16.5. The van der Waals surface area contributed by atoms with Crippen LogP contribution in [0.1, 0.15) is 26.3 Å². The van der Waals surface area contributed by atoms with Crippen LogP contribution in [0.3, 0.4) is 0 Å². The van der Waals surface area contributed by atoms with E-state index in [1.54, 1.807) is 0 Å². The van der Waals surface area contributed by atoms with Crippen molar-refractivity contribution in [1.82, 2.24) is 0 Å². The molecule has 0 aliphatic rings. The summed E-state index contributed by atoms with van der Waals surface area (Å²) in [5.41, 5.74) is 1.16. The van der Waals surface area contributed by atoms with Gasteiger partial charge in [-0.3, -0.25) is 0 Å². The lowest BCUT2D eigenvalue weighted by molar-refractivity contribution is -0.0163. The Morgan fingerprint density at radius 3 is 2.13 bits per heavy atom. The van der Waals surface area contributed by atoms with Crippen LogP contribution in [0.4, 0.5) is 0 Å². The minimum Gasteiger partial charge on any atom is -0.491 e. The fourth-order valence-corrected chi connectivity index (χ4v) is 1.14. The second kappa shape index (κ2) is 5.17. The average molecular weight is 208 g/mol. The molecular weight excluding hydrogens is 188 g/mol. The van der Waals surface area contributed by atoms with Gasteiger partial charge in [-0.05, 0) is 39.8 Å². The summed E-state index contributed by atoms with van der Waals surface area (Å²) >= 11 is 0.